The van der Waals surface area contributed by atoms with Gasteiger partial charge in [-0.1, -0.05) is 0 Å². The predicted octanol–water partition coefficient (Wildman–Crippen LogP) is -2.96. The fraction of sp³-hybridized carbons (Fsp3) is 1.00. The average Bonchev–Trinajstić information content (AvgIpc) is 2.27. The van der Waals surface area contributed by atoms with Gasteiger partial charge in [0.15, 0.2) is 6.29 Å². The third-order valence-corrected chi connectivity index (χ3v) is 2.02. The highest BCUT2D eigenvalue weighted by Crippen LogP contribution is 2.10. The van der Waals surface area contributed by atoms with Crippen molar-refractivity contribution in [2.24, 2.45) is 0 Å². The van der Waals surface area contributed by atoms with Crippen molar-refractivity contribution in [1.29, 1.82) is 0 Å². The van der Waals surface area contributed by atoms with Gasteiger partial charge in [-0.05, 0) is 0 Å². The zero-order chi connectivity index (χ0) is 12.0. The van der Waals surface area contributed by atoms with Gasteiger partial charge < -0.3 is 35.0 Å². The van der Waals surface area contributed by atoms with Gasteiger partial charge in [-0.2, -0.15) is 0 Å². The van der Waals surface area contributed by atoms with E-state index in [2.05, 4.69) is 9.47 Å². The molecule has 0 aliphatic heterocycles. The van der Waals surface area contributed by atoms with Gasteiger partial charge in [0.1, 0.15) is 24.4 Å². The number of ether oxygens (including phenoxy) is 2. The number of hydrogen-bond acceptors (Lipinski definition) is 7. The molecule has 0 radical (unpaired) electrons. The molecule has 15 heavy (non-hydrogen) atoms. The topological polar surface area (TPSA) is 120 Å². The molecule has 0 unspecified atom stereocenters. The van der Waals surface area contributed by atoms with E-state index in [0.29, 0.717) is 0 Å². The van der Waals surface area contributed by atoms with E-state index in [9.17, 15) is 15.3 Å². The van der Waals surface area contributed by atoms with Crippen LogP contribution >= 0.6 is 0 Å². The molecular formula is C8H18O7. The second-order valence-corrected chi connectivity index (χ2v) is 3.06. The van der Waals surface area contributed by atoms with E-state index in [1.807, 2.05) is 0 Å². The molecule has 7 nitrogen and oxygen atoms in total. The van der Waals surface area contributed by atoms with E-state index in [1.54, 1.807) is 0 Å². The minimum absolute atomic E-state index is 0.727. The first-order valence-corrected chi connectivity index (χ1v) is 4.38. The van der Waals surface area contributed by atoms with Crippen molar-refractivity contribution >= 4 is 0 Å². The number of aliphatic hydroxyl groups excluding tert-OH is 5. The minimum Gasteiger partial charge on any atom is -0.394 e. The third kappa shape index (κ3) is 3.99. The van der Waals surface area contributed by atoms with Crippen molar-refractivity contribution in [2.75, 3.05) is 20.8 Å². The number of aliphatic hydroxyl groups is 5. The Morgan fingerprint density at radius 1 is 0.867 bits per heavy atom. The van der Waals surface area contributed by atoms with Crippen LogP contribution in [0.2, 0.25) is 0 Å². The fourth-order valence-electron chi connectivity index (χ4n) is 1.07. The lowest BCUT2D eigenvalue weighted by Crippen LogP contribution is -2.50. The van der Waals surface area contributed by atoms with Crippen molar-refractivity contribution < 1.29 is 35.0 Å². The van der Waals surface area contributed by atoms with Crippen LogP contribution in [0.1, 0.15) is 0 Å². The van der Waals surface area contributed by atoms with Crippen LogP contribution < -0.4 is 0 Å². The van der Waals surface area contributed by atoms with Crippen LogP contribution in [0.5, 0.6) is 0 Å². The zero-order valence-corrected chi connectivity index (χ0v) is 8.65. The lowest BCUT2D eigenvalue weighted by atomic mass is 10.0. The minimum atomic E-state index is -1.68. The lowest BCUT2D eigenvalue weighted by Gasteiger charge is -2.29. The number of hydrogen-bond donors (Lipinski definition) is 5. The fourth-order valence-corrected chi connectivity index (χ4v) is 1.07. The molecule has 7 heteroatoms. The van der Waals surface area contributed by atoms with E-state index < -0.39 is 37.3 Å². The molecule has 0 rings (SSSR count). The van der Waals surface area contributed by atoms with Crippen LogP contribution in [0.4, 0.5) is 0 Å². The summed E-state index contributed by atoms with van der Waals surface area (Å²) in [5.74, 6) is 0. The van der Waals surface area contributed by atoms with E-state index >= 15 is 0 Å². The Labute approximate surface area is 87.5 Å². The highest BCUT2D eigenvalue weighted by atomic mass is 16.7. The molecule has 0 saturated carbocycles. The Balaban J connectivity index is 4.34. The Morgan fingerprint density at radius 3 is 1.67 bits per heavy atom. The average molecular weight is 226 g/mol. The maximum Gasteiger partial charge on any atom is 0.185 e. The molecule has 0 aliphatic carbocycles. The van der Waals surface area contributed by atoms with Crippen molar-refractivity contribution in [3.63, 3.8) is 0 Å². The van der Waals surface area contributed by atoms with Crippen LogP contribution in [0.3, 0.4) is 0 Å². The molecule has 0 bridgehead atoms. The molecule has 0 fully saturated rings. The first kappa shape index (κ1) is 14.7. The molecule has 0 saturated heterocycles. The summed E-state index contributed by atoms with van der Waals surface area (Å²) in [5, 5.41) is 45.6. The third-order valence-electron chi connectivity index (χ3n) is 2.02. The monoisotopic (exact) mass is 226 g/mol. The molecule has 0 aliphatic rings. The molecule has 4 atom stereocenters. The van der Waals surface area contributed by atoms with Crippen molar-refractivity contribution in [1.82, 2.24) is 0 Å². The lowest BCUT2D eigenvalue weighted by molar-refractivity contribution is -0.213. The largest absolute Gasteiger partial charge is 0.394 e. The smallest absolute Gasteiger partial charge is 0.185 e. The summed E-state index contributed by atoms with van der Waals surface area (Å²) in [7, 11) is 2.50. The summed E-state index contributed by atoms with van der Waals surface area (Å²) in [6.45, 7) is -0.727. The van der Waals surface area contributed by atoms with Crippen LogP contribution in [-0.2, 0) is 9.47 Å². The van der Waals surface area contributed by atoms with Crippen LogP contribution in [0, 0.1) is 0 Å². The molecule has 0 heterocycles. The van der Waals surface area contributed by atoms with Crippen LogP contribution in [0.25, 0.3) is 0 Å². The van der Waals surface area contributed by atoms with E-state index in [4.69, 9.17) is 10.2 Å². The summed E-state index contributed by atoms with van der Waals surface area (Å²) < 4.78 is 9.32. The Hall–Kier alpha value is -0.280. The summed E-state index contributed by atoms with van der Waals surface area (Å²) in [6.07, 6.45) is -7.56. The van der Waals surface area contributed by atoms with Gasteiger partial charge in [0.05, 0.1) is 6.61 Å². The van der Waals surface area contributed by atoms with Gasteiger partial charge >= 0.3 is 0 Å². The molecule has 0 aromatic heterocycles. The highest BCUT2D eigenvalue weighted by molar-refractivity contribution is 4.82. The van der Waals surface area contributed by atoms with Gasteiger partial charge in [-0.15, -0.1) is 0 Å². The van der Waals surface area contributed by atoms with E-state index in [-0.39, 0.29) is 0 Å². The molecule has 0 aromatic carbocycles. The van der Waals surface area contributed by atoms with Crippen molar-refractivity contribution in [3.8, 4) is 0 Å². The predicted molar refractivity (Wildman–Crippen MR) is 48.9 cm³/mol. The molecule has 0 amide bonds. The summed E-state index contributed by atoms with van der Waals surface area (Å²) >= 11 is 0. The molecule has 92 valence electrons. The van der Waals surface area contributed by atoms with Gasteiger partial charge in [0, 0.05) is 14.2 Å². The van der Waals surface area contributed by atoms with Crippen LogP contribution in [0.15, 0.2) is 0 Å². The molecule has 0 aromatic rings. The van der Waals surface area contributed by atoms with Gasteiger partial charge in [-0.25, -0.2) is 0 Å². The van der Waals surface area contributed by atoms with Gasteiger partial charge in [0.25, 0.3) is 0 Å². The zero-order valence-electron chi connectivity index (χ0n) is 8.65. The second kappa shape index (κ2) is 7.07. The summed E-state index contributed by atoms with van der Waals surface area (Å²) in [6, 6.07) is 0. The van der Waals surface area contributed by atoms with E-state index in [1.165, 1.54) is 14.2 Å². The van der Waals surface area contributed by atoms with Gasteiger partial charge in [0.2, 0.25) is 0 Å². The Morgan fingerprint density at radius 2 is 1.33 bits per heavy atom. The number of rotatable bonds is 7. The maximum atomic E-state index is 9.44. The van der Waals surface area contributed by atoms with Crippen molar-refractivity contribution in [3.05, 3.63) is 0 Å². The normalized spacial score (nSPS) is 20.0. The second-order valence-electron chi connectivity index (χ2n) is 3.06. The standard InChI is InChI=1S/C8H18O7/c1-14-8(15-2)7(13)6(12)5(11)4(10)3-9/h4-13H,3H2,1-2H3/t4-,5-,6+,7-/m1/s1. The van der Waals surface area contributed by atoms with Crippen molar-refractivity contribution in [2.45, 2.75) is 30.7 Å². The Bertz CT molecular complexity index is 161. The molecular weight excluding hydrogens is 208 g/mol. The summed E-state index contributed by atoms with van der Waals surface area (Å²) in [4.78, 5) is 0. The maximum absolute atomic E-state index is 9.44. The highest BCUT2D eigenvalue weighted by Gasteiger charge is 2.34. The Kier molecular flexibility index (Phi) is 6.94. The quantitative estimate of drug-likeness (QED) is 0.294. The van der Waals surface area contributed by atoms with Crippen LogP contribution in [-0.4, -0.2) is 77.1 Å². The van der Waals surface area contributed by atoms with Gasteiger partial charge in [-0.3, -0.25) is 0 Å². The molecule has 0 spiro atoms. The molecule has 5 N–H and O–H groups in total. The van der Waals surface area contributed by atoms with E-state index in [0.717, 1.165) is 0 Å². The number of methoxy groups -OCH3 is 2. The summed E-state index contributed by atoms with van der Waals surface area (Å²) in [5.41, 5.74) is 0. The first-order valence-electron chi connectivity index (χ1n) is 4.38. The first-order chi connectivity index (χ1) is 6.99. The SMILES string of the molecule is COC(OC)[C@H](O)[C@@H](O)[C@H](O)[C@H](O)CO.